The van der Waals surface area contributed by atoms with Crippen molar-refractivity contribution in [3.05, 3.63) is 29.8 Å². The molecular weight excluding hydrogens is 221 g/mol. The second-order valence-electron chi connectivity index (χ2n) is 3.98. The third kappa shape index (κ3) is 5.65. The fourth-order valence-corrected chi connectivity index (χ4v) is 1.42. The first-order valence-corrected chi connectivity index (χ1v) is 5.87. The van der Waals surface area contributed by atoms with E-state index in [2.05, 4.69) is 5.32 Å². The Morgan fingerprint density at radius 2 is 2.18 bits per heavy atom. The number of halogens is 1. The van der Waals surface area contributed by atoms with E-state index < -0.39 is 6.10 Å². The number of hydrogen-bond donors (Lipinski definition) is 2. The normalized spacial score (nSPS) is 12.4. The quantitative estimate of drug-likeness (QED) is 0.680. The third-order valence-corrected chi connectivity index (χ3v) is 2.39. The summed E-state index contributed by atoms with van der Waals surface area (Å²) in [6, 6.07) is 7.67. The smallest absolute Gasteiger partial charge is 0.122 e. The van der Waals surface area contributed by atoms with Crippen molar-refractivity contribution < 1.29 is 14.2 Å². The fourth-order valence-electron chi connectivity index (χ4n) is 1.42. The predicted molar refractivity (Wildman–Crippen MR) is 66.1 cm³/mol. The lowest BCUT2D eigenvalue weighted by atomic mass is 10.2. The number of rotatable bonds is 8. The number of alkyl halides is 1. The summed E-state index contributed by atoms with van der Waals surface area (Å²) >= 11 is 0. The molecule has 1 rings (SSSR count). The SMILES string of the molecule is Cc1ccccc1OCC(O)CNCCCF. The largest absolute Gasteiger partial charge is 0.491 e. The maximum atomic E-state index is 11.8. The number of hydrogen-bond acceptors (Lipinski definition) is 3. The van der Waals surface area contributed by atoms with Gasteiger partial charge in [0.1, 0.15) is 18.5 Å². The van der Waals surface area contributed by atoms with E-state index in [9.17, 15) is 9.50 Å². The molecule has 0 aliphatic rings. The molecule has 0 aliphatic heterocycles. The highest BCUT2D eigenvalue weighted by atomic mass is 19.1. The van der Waals surface area contributed by atoms with Gasteiger partial charge >= 0.3 is 0 Å². The molecule has 0 aromatic heterocycles. The van der Waals surface area contributed by atoms with Gasteiger partial charge in [0.15, 0.2) is 0 Å². The van der Waals surface area contributed by atoms with Crippen molar-refractivity contribution in [3.63, 3.8) is 0 Å². The van der Waals surface area contributed by atoms with Crippen LogP contribution in [0.15, 0.2) is 24.3 Å². The molecule has 0 fully saturated rings. The van der Waals surface area contributed by atoms with Crippen LogP contribution in [0.1, 0.15) is 12.0 Å². The molecule has 1 atom stereocenters. The van der Waals surface area contributed by atoms with Crippen LogP contribution in [0.3, 0.4) is 0 Å². The standard InChI is InChI=1S/C13H20FNO2/c1-11-5-2-3-6-13(11)17-10-12(16)9-15-8-4-7-14/h2-3,5-6,12,15-16H,4,7-10H2,1H3. The number of benzene rings is 1. The average Bonchev–Trinajstić information content (AvgIpc) is 2.34. The maximum Gasteiger partial charge on any atom is 0.122 e. The van der Waals surface area contributed by atoms with Crippen molar-refractivity contribution >= 4 is 0 Å². The van der Waals surface area contributed by atoms with E-state index in [-0.39, 0.29) is 13.3 Å². The Labute approximate surface area is 102 Å². The van der Waals surface area contributed by atoms with Crippen LogP contribution in [0, 0.1) is 6.92 Å². The molecule has 2 N–H and O–H groups in total. The third-order valence-electron chi connectivity index (χ3n) is 2.39. The Morgan fingerprint density at radius 1 is 1.41 bits per heavy atom. The Balaban J connectivity index is 2.19. The van der Waals surface area contributed by atoms with Crippen LogP contribution < -0.4 is 10.1 Å². The number of para-hydroxylation sites is 1. The summed E-state index contributed by atoms with van der Waals surface area (Å²) in [5.74, 6) is 0.787. The van der Waals surface area contributed by atoms with E-state index in [1.165, 1.54) is 0 Å². The number of aliphatic hydroxyl groups excluding tert-OH is 1. The average molecular weight is 241 g/mol. The first-order valence-electron chi connectivity index (χ1n) is 5.87. The minimum atomic E-state index is -0.575. The first kappa shape index (κ1) is 13.9. The molecule has 3 nitrogen and oxygen atoms in total. The van der Waals surface area contributed by atoms with Crippen LogP contribution in [-0.2, 0) is 0 Å². The maximum absolute atomic E-state index is 11.8. The van der Waals surface area contributed by atoms with E-state index in [1.54, 1.807) is 0 Å². The van der Waals surface area contributed by atoms with Crippen LogP contribution in [0.25, 0.3) is 0 Å². The molecule has 0 saturated heterocycles. The second kappa shape index (κ2) is 8.03. The van der Waals surface area contributed by atoms with E-state index >= 15 is 0 Å². The molecule has 1 unspecified atom stereocenters. The minimum Gasteiger partial charge on any atom is -0.491 e. The van der Waals surface area contributed by atoms with E-state index in [4.69, 9.17) is 4.74 Å². The van der Waals surface area contributed by atoms with Gasteiger partial charge in [-0.15, -0.1) is 0 Å². The summed E-state index contributed by atoms with van der Waals surface area (Å²) in [6.07, 6.45) is -0.0972. The van der Waals surface area contributed by atoms with Gasteiger partial charge in [-0.1, -0.05) is 18.2 Å². The predicted octanol–water partition coefficient (Wildman–Crippen LogP) is 1.68. The Hall–Kier alpha value is -1.13. The lowest BCUT2D eigenvalue weighted by Crippen LogP contribution is -2.32. The zero-order chi connectivity index (χ0) is 12.5. The van der Waals surface area contributed by atoms with Crippen molar-refractivity contribution in [1.29, 1.82) is 0 Å². The lowest BCUT2D eigenvalue weighted by molar-refractivity contribution is 0.106. The minimum absolute atomic E-state index is 0.244. The van der Waals surface area contributed by atoms with Gasteiger partial charge in [-0.05, 0) is 31.5 Å². The molecule has 1 aromatic rings. The van der Waals surface area contributed by atoms with Gasteiger partial charge in [0, 0.05) is 6.54 Å². The summed E-state index contributed by atoms with van der Waals surface area (Å²) in [5, 5.41) is 12.6. The van der Waals surface area contributed by atoms with Gasteiger partial charge in [-0.3, -0.25) is 4.39 Å². The molecule has 17 heavy (non-hydrogen) atoms. The Morgan fingerprint density at radius 3 is 2.88 bits per heavy atom. The van der Waals surface area contributed by atoms with E-state index in [1.807, 2.05) is 31.2 Å². The summed E-state index contributed by atoms with van der Waals surface area (Å²) < 4.78 is 17.3. The van der Waals surface area contributed by atoms with Crippen molar-refractivity contribution in [3.8, 4) is 5.75 Å². The monoisotopic (exact) mass is 241 g/mol. The number of ether oxygens (including phenoxy) is 1. The topological polar surface area (TPSA) is 41.5 Å². The Kier molecular flexibility index (Phi) is 6.58. The molecular formula is C13H20FNO2. The molecule has 0 aliphatic carbocycles. The first-order chi connectivity index (χ1) is 8.24. The zero-order valence-corrected chi connectivity index (χ0v) is 10.2. The van der Waals surface area contributed by atoms with Gasteiger partial charge in [0.25, 0.3) is 0 Å². The van der Waals surface area contributed by atoms with Crippen LogP contribution >= 0.6 is 0 Å². The van der Waals surface area contributed by atoms with Crippen molar-refractivity contribution in [2.45, 2.75) is 19.4 Å². The van der Waals surface area contributed by atoms with Crippen LogP contribution in [0.5, 0.6) is 5.75 Å². The van der Waals surface area contributed by atoms with Gasteiger partial charge < -0.3 is 15.2 Å². The molecule has 0 amide bonds. The van der Waals surface area contributed by atoms with Crippen LogP contribution in [0.2, 0.25) is 0 Å². The lowest BCUT2D eigenvalue weighted by Gasteiger charge is -2.14. The highest BCUT2D eigenvalue weighted by Crippen LogP contribution is 2.16. The van der Waals surface area contributed by atoms with E-state index in [0.29, 0.717) is 19.5 Å². The van der Waals surface area contributed by atoms with Gasteiger partial charge in [0.05, 0.1) is 6.67 Å². The number of nitrogens with one attached hydrogen (secondary N) is 1. The van der Waals surface area contributed by atoms with Gasteiger partial charge in [0.2, 0.25) is 0 Å². The summed E-state index contributed by atoms with van der Waals surface area (Å²) in [5.41, 5.74) is 1.05. The van der Waals surface area contributed by atoms with Crippen molar-refractivity contribution in [2.75, 3.05) is 26.4 Å². The van der Waals surface area contributed by atoms with E-state index in [0.717, 1.165) is 11.3 Å². The fraction of sp³-hybridized carbons (Fsp3) is 0.538. The van der Waals surface area contributed by atoms with Crippen LogP contribution in [0.4, 0.5) is 4.39 Å². The number of aliphatic hydroxyl groups is 1. The van der Waals surface area contributed by atoms with Gasteiger partial charge in [-0.25, -0.2) is 0 Å². The molecule has 0 heterocycles. The number of aryl methyl sites for hydroxylation is 1. The molecule has 96 valence electrons. The highest BCUT2D eigenvalue weighted by molar-refractivity contribution is 5.31. The molecule has 0 bridgehead atoms. The van der Waals surface area contributed by atoms with Crippen molar-refractivity contribution in [2.24, 2.45) is 0 Å². The highest BCUT2D eigenvalue weighted by Gasteiger charge is 2.05. The molecule has 0 spiro atoms. The second-order valence-corrected chi connectivity index (χ2v) is 3.98. The molecule has 0 radical (unpaired) electrons. The Bertz CT molecular complexity index is 320. The van der Waals surface area contributed by atoms with Crippen molar-refractivity contribution in [1.82, 2.24) is 5.32 Å². The molecule has 0 saturated carbocycles. The summed E-state index contributed by atoms with van der Waals surface area (Å²) in [6.45, 7) is 2.88. The van der Waals surface area contributed by atoms with Crippen LogP contribution in [-0.4, -0.2) is 37.6 Å². The molecule has 4 heteroatoms. The van der Waals surface area contributed by atoms with Gasteiger partial charge in [-0.2, -0.15) is 0 Å². The summed E-state index contributed by atoms with van der Waals surface area (Å²) in [4.78, 5) is 0. The zero-order valence-electron chi connectivity index (χ0n) is 10.2. The summed E-state index contributed by atoms with van der Waals surface area (Å²) in [7, 11) is 0. The molecule has 1 aromatic carbocycles.